The van der Waals surface area contributed by atoms with Gasteiger partial charge in [-0.2, -0.15) is 10.2 Å². The number of hydrogen-bond acceptors (Lipinski definition) is 5. The van der Waals surface area contributed by atoms with Gasteiger partial charge in [-0.15, -0.1) is 0 Å². The molecule has 0 radical (unpaired) electrons. The summed E-state index contributed by atoms with van der Waals surface area (Å²) in [5, 5.41) is 11.2. The fourth-order valence-corrected chi connectivity index (χ4v) is 1.96. The molecule has 19 heavy (non-hydrogen) atoms. The summed E-state index contributed by atoms with van der Waals surface area (Å²) < 4.78 is 11.0. The first kappa shape index (κ1) is 11.9. The molecule has 5 nitrogen and oxygen atoms in total. The second-order valence-corrected chi connectivity index (χ2v) is 4.30. The Balaban J connectivity index is 1.58. The van der Waals surface area contributed by atoms with E-state index in [0.717, 1.165) is 29.3 Å². The van der Waals surface area contributed by atoms with Gasteiger partial charge < -0.3 is 14.8 Å². The van der Waals surface area contributed by atoms with Crippen LogP contribution in [0.2, 0.25) is 0 Å². The van der Waals surface area contributed by atoms with Crippen molar-refractivity contribution in [2.45, 2.75) is 13.1 Å². The SMILES string of the molecule is c1cnnc(CNCc2ccc3c(c2)OCCO3)c1. The summed E-state index contributed by atoms with van der Waals surface area (Å²) in [5.74, 6) is 1.65. The minimum absolute atomic E-state index is 0.615. The molecule has 98 valence electrons. The maximum atomic E-state index is 5.55. The maximum Gasteiger partial charge on any atom is 0.161 e. The number of ether oxygens (including phenoxy) is 2. The van der Waals surface area contributed by atoms with E-state index in [9.17, 15) is 0 Å². The first-order valence-corrected chi connectivity index (χ1v) is 6.27. The molecule has 1 aromatic heterocycles. The molecule has 0 bridgehead atoms. The number of rotatable bonds is 4. The van der Waals surface area contributed by atoms with Crippen molar-refractivity contribution in [1.82, 2.24) is 15.5 Å². The van der Waals surface area contributed by atoms with Crippen LogP contribution in [-0.2, 0) is 13.1 Å². The molecule has 0 atom stereocenters. The topological polar surface area (TPSA) is 56.3 Å². The highest BCUT2D eigenvalue weighted by Crippen LogP contribution is 2.30. The molecule has 0 saturated heterocycles. The van der Waals surface area contributed by atoms with Gasteiger partial charge in [0, 0.05) is 19.3 Å². The van der Waals surface area contributed by atoms with E-state index in [4.69, 9.17) is 9.47 Å². The first-order valence-electron chi connectivity index (χ1n) is 6.27. The molecule has 2 heterocycles. The summed E-state index contributed by atoms with van der Waals surface area (Å²) in [6, 6.07) is 9.83. The van der Waals surface area contributed by atoms with E-state index < -0.39 is 0 Å². The first-order chi connectivity index (χ1) is 9.42. The van der Waals surface area contributed by atoms with Crippen LogP contribution in [0.25, 0.3) is 0 Å². The van der Waals surface area contributed by atoms with Crippen LogP contribution in [0.15, 0.2) is 36.5 Å². The quantitative estimate of drug-likeness (QED) is 0.900. The van der Waals surface area contributed by atoms with Crippen LogP contribution in [0, 0.1) is 0 Å². The third-order valence-corrected chi connectivity index (χ3v) is 2.87. The lowest BCUT2D eigenvalue weighted by molar-refractivity contribution is 0.171. The van der Waals surface area contributed by atoms with Gasteiger partial charge in [0.05, 0.1) is 5.69 Å². The predicted octanol–water partition coefficient (Wildman–Crippen LogP) is 1.54. The fourth-order valence-electron chi connectivity index (χ4n) is 1.96. The summed E-state index contributed by atoms with van der Waals surface area (Å²) in [5.41, 5.74) is 2.09. The summed E-state index contributed by atoms with van der Waals surface area (Å²) in [7, 11) is 0. The van der Waals surface area contributed by atoms with Gasteiger partial charge in [0.1, 0.15) is 13.2 Å². The lowest BCUT2D eigenvalue weighted by atomic mass is 10.2. The van der Waals surface area contributed by atoms with E-state index >= 15 is 0 Å². The second-order valence-electron chi connectivity index (χ2n) is 4.30. The van der Waals surface area contributed by atoms with E-state index in [2.05, 4.69) is 15.5 Å². The van der Waals surface area contributed by atoms with E-state index in [0.29, 0.717) is 19.8 Å². The Morgan fingerprint density at radius 2 is 1.95 bits per heavy atom. The van der Waals surface area contributed by atoms with E-state index in [1.165, 1.54) is 0 Å². The van der Waals surface area contributed by atoms with Crippen LogP contribution in [-0.4, -0.2) is 23.4 Å². The number of aromatic nitrogens is 2. The van der Waals surface area contributed by atoms with Gasteiger partial charge >= 0.3 is 0 Å². The van der Waals surface area contributed by atoms with Crippen molar-refractivity contribution < 1.29 is 9.47 Å². The molecule has 1 aromatic carbocycles. The van der Waals surface area contributed by atoms with Gasteiger partial charge in [-0.3, -0.25) is 0 Å². The standard InChI is InChI=1S/C14H15N3O2/c1-2-12(17-16-5-1)10-15-9-11-3-4-13-14(8-11)19-7-6-18-13/h1-5,8,15H,6-7,9-10H2. The molecule has 0 aliphatic carbocycles. The molecular weight excluding hydrogens is 242 g/mol. The van der Waals surface area contributed by atoms with E-state index in [1.54, 1.807) is 6.20 Å². The van der Waals surface area contributed by atoms with Crippen molar-refractivity contribution >= 4 is 0 Å². The molecule has 0 unspecified atom stereocenters. The highest BCUT2D eigenvalue weighted by Gasteiger charge is 2.11. The van der Waals surface area contributed by atoms with Crippen LogP contribution in [0.4, 0.5) is 0 Å². The van der Waals surface area contributed by atoms with Crippen LogP contribution in [0.1, 0.15) is 11.3 Å². The third-order valence-electron chi connectivity index (χ3n) is 2.87. The smallest absolute Gasteiger partial charge is 0.161 e. The number of nitrogens with zero attached hydrogens (tertiary/aromatic N) is 2. The van der Waals surface area contributed by atoms with Gasteiger partial charge in [-0.05, 0) is 29.8 Å². The zero-order chi connectivity index (χ0) is 12.9. The third kappa shape index (κ3) is 3.00. The van der Waals surface area contributed by atoms with Crippen LogP contribution in [0.3, 0.4) is 0 Å². The van der Waals surface area contributed by atoms with Crippen molar-refractivity contribution in [3.05, 3.63) is 47.8 Å². The maximum absolute atomic E-state index is 5.55. The Hall–Kier alpha value is -2.14. The largest absolute Gasteiger partial charge is 0.486 e. The monoisotopic (exact) mass is 257 g/mol. The molecule has 3 rings (SSSR count). The number of nitrogens with one attached hydrogen (secondary N) is 1. The Kier molecular flexibility index (Phi) is 3.56. The Labute approximate surface area is 111 Å². The molecule has 1 aliphatic heterocycles. The molecule has 1 N–H and O–H groups in total. The van der Waals surface area contributed by atoms with Crippen molar-refractivity contribution in [3.8, 4) is 11.5 Å². The molecule has 0 saturated carbocycles. The highest BCUT2D eigenvalue weighted by atomic mass is 16.6. The minimum Gasteiger partial charge on any atom is -0.486 e. The molecule has 5 heteroatoms. The van der Waals surface area contributed by atoms with Gasteiger partial charge in [-0.25, -0.2) is 0 Å². The summed E-state index contributed by atoms with van der Waals surface area (Å²) in [4.78, 5) is 0. The lowest BCUT2D eigenvalue weighted by Crippen LogP contribution is -2.17. The lowest BCUT2D eigenvalue weighted by Gasteiger charge is -2.18. The second kappa shape index (κ2) is 5.67. The van der Waals surface area contributed by atoms with Crippen molar-refractivity contribution in [1.29, 1.82) is 0 Å². The van der Waals surface area contributed by atoms with Crippen molar-refractivity contribution in [2.75, 3.05) is 13.2 Å². The van der Waals surface area contributed by atoms with Gasteiger partial charge in [-0.1, -0.05) is 6.07 Å². The average Bonchev–Trinajstić information content (AvgIpc) is 2.48. The minimum atomic E-state index is 0.615. The molecule has 0 amide bonds. The normalized spacial score (nSPS) is 13.3. The summed E-state index contributed by atoms with van der Waals surface area (Å²) >= 11 is 0. The molecule has 0 fully saturated rings. The summed E-state index contributed by atoms with van der Waals surface area (Å²) in [6.07, 6.45) is 1.67. The average molecular weight is 257 g/mol. The summed E-state index contributed by atoms with van der Waals surface area (Å²) in [6.45, 7) is 2.69. The van der Waals surface area contributed by atoms with Gasteiger partial charge in [0.2, 0.25) is 0 Å². The van der Waals surface area contributed by atoms with Gasteiger partial charge in [0.25, 0.3) is 0 Å². The van der Waals surface area contributed by atoms with Crippen LogP contribution in [0.5, 0.6) is 11.5 Å². The molecule has 0 spiro atoms. The van der Waals surface area contributed by atoms with Crippen LogP contribution < -0.4 is 14.8 Å². The zero-order valence-electron chi connectivity index (χ0n) is 10.5. The Morgan fingerprint density at radius 3 is 2.79 bits per heavy atom. The number of hydrogen-bond donors (Lipinski definition) is 1. The van der Waals surface area contributed by atoms with Crippen LogP contribution >= 0.6 is 0 Å². The van der Waals surface area contributed by atoms with Gasteiger partial charge in [0.15, 0.2) is 11.5 Å². The zero-order valence-corrected chi connectivity index (χ0v) is 10.5. The fraction of sp³-hybridized carbons (Fsp3) is 0.286. The highest BCUT2D eigenvalue weighted by molar-refractivity contribution is 5.43. The van der Waals surface area contributed by atoms with E-state index in [1.807, 2.05) is 30.3 Å². The number of fused-ring (bicyclic) bond motifs is 1. The number of benzene rings is 1. The van der Waals surface area contributed by atoms with E-state index in [-0.39, 0.29) is 0 Å². The van der Waals surface area contributed by atoms with Crippen molar-refractivity contribution in [3.63, 3.8) is 0 Å². The molecule has 1 aliphatic rings. The molecular formula is C14H15N3O2. The van der Waals surface area contributed by atoms with Crippen molar-refractivity contribution in [2.24, 2.45) is 0 Å². The predicted molar refractivity (Wildman–Crippen MR) is 70.0 cm³/mol. The molecule has 2 aromatic rings. The Bertz CT molecular complexity index is 546. The Morgan fingerprint density at radius 1 is 1.05 bits per heavy atom.